The van der Waals surface area contributed by atoms with Gasteiger partial charge in [-0.1, -0.05) is 11.6 Å². The predicted molar refractivity (Wildman–Crippen MR) is 68.2 cm³/mol. The van der Waals surface area contributed by atoms with Gasteiger partial charge in [-0.25, -0.2) is 9.78 Å². The van der Waals surface area contributed by atoms with Crippen LogP contribution in [0.5, 0.6) is 0 Å². The van der Waals surface area contributed by atoms with Crippen LogP contribution in [-0.4, -0.2) is 35.8 Å². The van der Waals surface area contributed by atoms with Crippen molar-refractivity contribution in [2.24, 2.45) is 5.92 Å². The lowest BCUT2D eigenvalue weighted by atomic mass is 10.1. The summed E-state index contributed by atoms with van der Waals surface area (Å²) in [6, 6.07) is 1.45. The maximum atomic E-state index is 10.9. The Morgan fingerprint density at radius 1 is 1.67 bits per heavy atom. The molecule has 1 aromatic rings. The molecule has 0 aromatic carbocycles. The van der Waals surface area contributed by atoms with Crippen molar-refractivity contribution >= 4 is 23.4 Å². The highest BCUT2D eigenvalue weighted by Gasteiger charge is 2.15. The predicted octanol–water partition coefficient (Wildman–Crippen LogP) is 2.27. The second kappa shape index (κ2) is 6.02. The molecule has 2 rings (SSSR count). The first-order chi connectivity index (χ1) is 8.66. The number of carbonyl (C=O) groups is 1. The lowest BCUT2D eigenvalue weighted by molar-refractivity contribution is 0.0697. The van der Waals surface area contributed by atoms with Gasteiger partial charge in [0.05, 0.1) is 10.6 Å². The Hall–Kier alpha value is -1.33. The lowest BCUT2D eigenvalue weighted by Crippen LogP contribution is -2.10. The molecule has 1 aliphatic rings. The first-order valence-electron chi connectivity index (χ1n) is 5.87. The van der Waals surface area contributed by atoms with Crippen LogP contribution in [-0.2, 0) is 4.74 Å². The van der Waals surface area contributed by atoms with Gasteiger partial charge < -0.3 is 15.2 Å². The van der Waals surface area contributed by atoms with Crippen molar-refractivity contribution in [3.05, 3.63) is 22.8 Å². The van der Waals surface area contributed by atoms with E-state index in [2.05, 4.69) is 10.3 Å². The third-order valence-corrected chi connectivity index (χ3v) is 3.27. The average Bonchev–Trinajstić information content (AvgIpc) is 2.84. The van der Waals surface area contributed by atoms with Gasteiger partial charge in [0.15, 0.2) is 0 Å². The average molecular weight is 271 g/mol. The summed E-state index contributed by atoms with van der Waals surface area (Å²) < 4.78 is 5.29. The van der Waals surface area contributed by atoms with Gasteiger partial charge in [0.1, 0.15) is 5.82 Å². The molecule has 1 aliphatic heterocycles. The highest BCUT2D eigenvalue weighted by atomic mass is 35.5. The summed E-state index contributed by atoms with van der Waals surface area (Å²) in [6.45, 7) is 2.41. The number of carboxylic acid groups (broad SMARTS) is 1. The zero-order valence-electron chi connectivity index (χ0n) is 9.86. The number of carboxylic acids is 1. The molecule has 0 radical (unpaired) electrons. The molecule has 2 heterocycles. The number of nitrogens with zero attached hydrogens (tertiary/aromatic N) is 1. The van der Waals surface area contributed by atoms with E-state index in [0.717, 1.165) is 32.6 Å². The third-order valence-electron chi connectivity index (χ3n) is 2.97. The molecule has 5 nitrogen and oxygen atoms in total. The Bertz CT molecular complexity index is 433. The minimum Gasteiger partial charge on any atom is -0.478 e. The number of pyridine rings is 1. The molecule has 1 fully saturated rings. The highest BCUT2D eigenvalue weighted by Crippen LogP contribution is 2.19. The second-order valence-electron chi connectivity index (χ2n) is 4.30. The number of aromatic nitrogens is 1. The van der Waals surface area contributed by atoms with E-state index in [1.807, 2.05) is 0 Å². The Morgan fingerprint density at radius 2 is 2.50 bits per heavy atom. The highest BCUT2D eigenvalue weighted by molar-refractivity contribution is 6.33. The minimum absolute atomic E-state index is 0.0679. The van der Waals surface area contributed by atoms with Crippen molar-refractivity contribution in [2.45, 2.75) is 12.8 Å². The Labute approximate surface area is 110 Å². The summed E-state index contributed by atoms with van der Waals surface area (Å²) in [7, 11) is 0. The zero-order valence-corrected chi connectivity index (χ0v) is 10.6. The Balaban J connectivity index is 1.88. The monoisotopic (exact) mass is 270 g/mol. The van der Waals surface area contributed by atoms with E-state index in [1.165, 1.54) is 12.3 Å². The molecule has 1 unspecified atom stereocenters. The topological polar surface area (TPSA) is 71.5 Å². The Kier molecular flexibility index (Phi) is 4.38. The van der Waals surface area contributed by atoms with Gasteiger partial charge in [-0.05, 0) is 24.8 Å². The fraction of sp³-hybridized carbons (Fsp3) is 0.500. The number of halogens is 1. The fourth-order valence-electron chi connectivity index (χ4n) is 1.91. The molecular formula is C12H15ClN2O3. The van der Waals surface area contributed by atoms with Crippen LogP contribution in [0, 0.1) is 5.92 Å². The van der Waals surface area contributed by atoms with Crippen LogP contribution in [0.3, 0.4) is 0 Å². The number of ether oxygens (including phenoxy) is 1. The number of rotatable bonds is 5. The van der Waals surface area contributed by atoms with Gasteiger partial charge in [-0.2, -0.15) is 0 Å². The maximum absolute atomic E-state index is 10.9. The van der Waals surface area contributed by atoms with Crippen molar-refractivity contribution in [3.63, 3.8) is 0 Å². The van der Waals surface area contributed by atoms with Gasteiger partial charge in [0.2, 0.25) is 0 Å². The molecule has 98 valence electrons. The molecule has 0 aliphatic carbocycles. The van der Waals surface area contributed by atoms with Crippen LogP contribution in [0.15, 0.2) is 12.3 Å². The number of nitrogens with one attached hydrogen (secondary N) is 1. The summed E-state index contributed by atoms with van der Waals surface area (Å²) in [5, 5.41) is 12.2. The third kappa shape index (κ3) is 3.34. The molecule has 18 heavy (non-hydrogen) atoms. The molecule has 0 amide bonds. The number of anilines is 1. The van der Waals surface area contributed by atoms with Crippen molar-refractivity contribution in [1.29, 1.82) is 0 Å². The Morgan fingerprint density at radius 3 is 3.17 bits per heavy atom. The standard InChI is InChI=1S/C12H15ClN2O3/c13-10-6-15-11(5-9(10)12(16)17)14-3-1-8-2-4-18-7-8/h5-6,8H,1-4,7H2,(H,14,15)(H,16,17). The largest absolute Gasteiger partial charge is 0.478 e. The van der Waals surface area contributed by atoms with Crippen molar-refractivity contribution in [2.75, 3.05) is 25.1 Å². The molecule has 1 saturated heterocycles. The van der Waals surface area contributed by atoms with Crippen molar-refractivity contribution in [1.82, 2.24) is 4.98 Å². The smallest absolute Gasteiger partial charge is 0.337 e. The minimum atomic E-state index is -1.05. The van der Waals surface area contributed by atoms with Crippen molar-refractivity contribution < 1.29 is 14.6 Å². The van der Waals surface area contributed by atoms with Gasteiger partial charge in [0.25, 0.3) is 0 Å². The van der Waals surface area contributed by atoms with Gasteiger partial charge in [-0.15, -0.1) is 0 Å². The first kappa shape index (κ1) is 13.1. The van der Waals surface area contributed by atoms with E-state index in [9.17, 15) is 4.79 Å². The summed E-state index contributed by atoms with van der Waals surface area (Å²) in [6.07, 6.45) is 3.44. The van der Waals surface area contributed by atoms with E-state index < -0.39 is 5.97 Å². The SMILES string of the molecule is O=C(O)c1cc(NCCC2CCOC2)ncc1Cl. The van der Waals surface area contributed by atoms with Crippen LogP contribution in [0.2, 0.25) is 5.02 Å². The van der Waals surface area contributed by atoms with Crippen LogP contribution in [0.1, 0.15) is 23.2 Å². The second-order valence-corrected chi connectivity index (χ2v) is 4.71. The summed E-state index contributed by atoms with van der Waals surface area (Å²) in [4.78, 5) is 14.9. The number of hydrogen-bond acceptors (Lipinski definition) is 4. The molecule has 2 N–H and O–H groups in total. The first-order valence-corrected chi connectivity index (χ1v) is 6.25. The van der Waals surface area contributed by atoms with Crippen LogP contribution >= 0.6 is 11.6 Å². The maximum Gasteiger partial charge on any atom is 0.337 e. The van der Waals surface area contributed by atoms with Crippen LogP contribution in [0.25, 0.3) is 0 Å². The lowest BCUT2D eigenvalue weighted by Gasteiger charge is -2.10. The number of hydrogen-bond donors (Lipinski definition) is 2. The normalized spacial score (nSPS) is 18.8. The van der Waals surface area contributed by atoms with Gasteiger partial charge in [-0.3, -0.25) is 0 Å². The van der Waals surface area contributed by atoms with E-state index >= 15 is 0 Å². The molecule has 6 heteroatoms. The fourth-order valence-corrected chi connectivity index (χ4v) is 2.10. The summed E-state index contributed by atoms with van der Waals surface area (Å²) in [5.41, 5.74) is 0.0679. The molecule has 0 spiro atoms. The van der Waals surface area contributed by atoms with Gasteiger partial charge in [0, 0.05) is 26.0 Å². The molecule has 0 bridgehead atoms. The zero-order chi connectivity index (χ0) is 13.0. The van der Waals surface area contributed by atoms with Crippen LogP contribution in [0.4, 0.5) is 5.82 Å². The van der Waals surface area contributed by atoms with Gasteiger partial charge >= 0.3 is 5.97 Å². The van der Waals surface area contributed by atoms with E-state index in [1.54, 1.807) is 0 Å². The number of aromatic carboxylic acids is 1. The summed E-state index contributed by atoms with van der Waals surface area (Å²) >= 11 is 5.74. The molecule has 0 saturated carbocycles. The van der Waals surface area contributed by atoms with E-state index in [4.69, 9.17) is 21.4 Å². The van der Waals surface area contributed by atoms with E-state index in [0.29, 0.717) is 11.7 Å². The van der Waals surface area contributed by atoms with E-state index in [-0.39, 0.29) is 10.6 Å². The molecule has 1 atom stereocenters. The van der Waals surface area contributed by atoms with Crippen LogP contribution < -0.4 is 5.32 Å². The quantitative estimate of drug-likeness (QED) is 0.859. The molecule has 1 aromatic heterocycles. The molecular weight excluding hydrogens is 256 g/mol. The van der Waals surface area contributed by atoms with Crippen molar-refractivity contribution in [3.8, 4) is 0 Å². The summed E-state index contributed by atoms with van der Waals surface area (Å²) in [5.74, 6) is 0.0779.